The lowest BCUT2D eigenvalue weighted by atomic mass is 9.94. The number of carbonyl (C=O) groups excluding carboxylic acids is 1. The van der Waals surface area contributed by atoms with Crippen molar-refractivity contribution in [1.29, 1.82) is 0 Å². The van der Waals surface area contributed by atoms with Gasteiger partial charge in [0.2, 0.25) is 11.8 Å². The van der Waals surface area contributed by atoms with Crippen LogP contribution in [0.2, 0.25) is 0 Å². The average Bonchev–Trinajstić information content (AvgIpc) is 3.60. The van der Waals surface area contributed by atoms with Crippen molar-refractivity contribution in [2.24, 2.45) is 5.73 Å². The zero-order valence-electron chi connectivity index (χ0n) is 19.9. The quantitative estimate of drug-likeness (QED) is 0.414. The van der Waals surface area contributed by atoms with Crippen molar-refractivity contribution in [3.05, 3.63) is 89.0 Å². The van der Waals surface area contributed by atoms with E-state index in [-0.39, 0.29) is 22.9 Å². The fraction of sp³-hybridized carbons (Fsp3) is 0.308. The van der Waals surface area contributed by atoms with Crippen LogP contribution in [0.15, 0.2) is 57.6 Å². The van der Waals surface area contributed by atoms with Gasteiger partial charge in [0.15, 0.2) is 0 Å². The number of rotatable bonds is 6. The van der Waals surface area contributed by atoms with E-state index in [0.29, 0.717) is 43.5 Å². The molecule has 4 aromatic rings. The molecule has 2 atom stereocenters. The van der Waals surface area contributed by atoms with Crippen LogP contribution in [0.1, 0.15) is 59.2 Å². The predicted molar refractivity (Wildman–Crippen MR) is 126 cm³/mol. The van der Waals surface area contributed by atoms with E-state index >= 15 is 0 Å². The van der Waals surface area contributed by atoms with Crippen LogP contribution in [0.5, 0.6) is 0 Å². The predicted octanol–water partition coefficient (Wildman–Crippen LogP) is 4.71. The van der Waals surface area contributed by atoms with Gasteiger partial charge in [0.25, 0.3) is 11.8 Å². The number of carbonyl (C=O) groups is 1. The number of hydrogen-bond acceptors (Lipinski definition) is 7. The molecule has 1 aliphatic heterocycles. The van der Waals surface area contributed by atoms with Crippen LogP contribution < -0.4 is 5.73 Å². The van der Waals surface area contributed by atoms with E-state index in [1.165, 1.54) is 11.2 Å². The summed E-state index contributed by atoms with van der Waals surface area (Å²) in [5, 5.41) is 7.95. The summed E-state index contributed by atoms with van der Waals surface area (Å²) >= 11 is 0. The van der Waals surface area contributed by atoms with E-state index < -0.39 is 29.1 Å². The maximum atomic E-state index is 14.8. The highest BCUT2D eigenvalue weighted by atomic mass is 19.1. The molecule has 2 N–H and O–H groups in total. The number of oxazole rings is 1. The van der Waals surface area contributed by atoms with Crippen molar-refractivity contribution < 1.29 is 22.4 Å². The summed E-state index contributed by atoms with van der Waals surface area (Å²) in [6.07, 6.45) is 3.24. The smallest absolute Gasteiger partial charge is 0.257 e. The molecule has 10 heteroatoms. The molecule has 36 heavy (non-hydrogen) atoms. The van der Waals surface area contributed by atoms with Crippen LogP contribution in [0, 0.1) is 18.6 Å². The van der Waals surface area contributed by atoms with Crippen molar-refractivity contribution >= 4 is 5.91 Å². The molecule has 0 saturated carbocycles. The van der Waals surface area contributed by atoms with Crippen LogP contribution in [-0.2, 0) is 12.0 Å². The van der Waals surface area contributed by atoms with E-state index in [0.717, 1.165) is 11.6 Å². The molecular formula is C26H25F2N5O3. The van der Waals surface area contributed by atoms with E-state index in [9.17, 15) is 13.6 Å². The molecular weight excluding hydrogens is 468 g/mol. The van der Waals surface area contributed by atoms with Crippen molar-refractivity contribution in [3.8, 4) is 11.5 Å². The molecule has 0 spiro atoms. The Bertz CT molecular complexity index is 1400. The average molecular weight is 494 g/mol. The largest absolute Gasteiger partial charge is 0.446 e. The Labute approximate surface area is 206 Å². The van der Waals surface area contributed by atoms with Gasteiger partial charge in [0.05, 0.1) is 22.4 Å². The van der Waals surface area contributed by atoms with Crippen LogP contribution >= 0.6 is 0 Å². The monoisotopic (exact) mass is 493 g/mol. The first-order valence-corrected chi connectivity index (χ1v) is 11.6. The highest BCUT2D eigenvalue weighted by Crippen LogP contribution is 2.35. The van der Waals surface area contributed by atoms with E-state index in [1.807, 2.05) is 30.3 Å². The number of benzene rings is 2. The molecule has 0 radical (unpaired) electrons. The van der Waals surface area contributed by atoms with Crippen LogP contribution in [0.25, 0.3) is 11.5 Å². The number of nitrogens with two attached hydrogens (primary N) is 1. The zero-order valence-corrected chi connectivity index (χ0v) is 19.9. The Balaban J connectivity index is 1.44. The van der Waals surface area contributed by atoms with Gasteiger partial charge >= 0.3 is 0 Å². The van der Waals surface area contributed by atoms with Gasteiger partial charge in [-0.25, -0.2) is 13.8 Å². The Morgan fingerprint density at radius 2 is 1.97 bits per heavy atom. The fourth-order valence-electron chi connectivity index (χ4n) is 4.48. The summed E-state index contributed by atoms with van der Waals surface area (Å²) in [6, 6.07) is 10.9. The lowest BCUT2D eigenvalue weighted by Crippen LogP contribution is -2.35. The maximum Gasteiger partial charge on any atom is 0.257 e. The third-order valence-electron chi connectivity index (χ3n) is 6.28. The Morgan fingerprint density at radius 3 is 2.69 bits per heavy atom. The number of aromatic nitrogens is 3. The Morgan fingerprint density at radius 1 is 1.19 bits per heavy atom. The number of halogens is 2. The Hall–Kier alpha value is -3.92. The number of nitrogens with zero attached hydrogens (tertiary/aromatic N) is 4. The summed E-state index contributed by atoms with van der Waals surface area (Å²) < 4.78 is 40.8. The molecule has 0 bridgehead atoms. The third-order valence-corrected chi connectivity index (χ3v) is 6.28. The summed E-state index contributed by atoms with van der Waals surface area (Å²) in [7, 11) is 0. The summed E-state index contributed by atoms with van der Waals surface area (Å²) in [5.74, 6) is -2.22. The van der Waals surface area contributed by atoms with Crippen molar-refractivity contribution in [2.45, 2.75) is 44.7 Å². The van der Waals surface area contributed by atoms with Gasteiger partial charge in [0, 0.05) is 12.6 Å². The highest BCUT2D eigenvalue weighted by Gasteiger charge is 2.36. The van der Waals surface area contributed by atoms with Gasteiger partial charge < -0.3 is 19.5 Å². The van der Waals surface area contributed by atoms with Gasteiger partial charge in [-0.1, -0.05) is 30.3 Å². The standard InChI is InChI=1S/C26H25F2N5O3/c1-15-14-35-23(30-15)21-9-6-10-33(21)24(34)18-11-17(19(27)12-20(18)28)22-31-32-25(36-22)26(2,29)13-16-7-4-3-5-8-16/h3-5,7-8,11-12,14,21H,6,9-10,13,29H2,1-2H3/t21?,26-/m1/s1. The molecule has 1 unspecified atom stereocenters. The minimum atomic E-state index is -1.03. The number of amides is 1. The SMILES string of the molecule is Cc1coc(C2CCCN2C(=O)c2cc(-c3nnc([C@](C)(N)Cc4ccccc4)o3)c(F)cc2F)n1. The van der Waals surface area contributed by atoms with Crippen LogP contribution in [-0.4, -0.2) is 32.5 Å². The number of aryl methyl sites for hydroxylation is 1. The molecule has 3 heterocycles. The molecule has 1 fully saturated rings. The lowest BCUT2D eigenvalue weighted by Gasteiger charge is -2.23. The summed E-state index contributed by atoms with van der Waals surface area (Å²) in [6.45, 7) is 3.91. The zero-order chi connectivity index (χ0) is 25.4. The van der Waals surface area contributed by atoms with Crippen LogP contribution in [0.3, 0.4) is 0 Å². The highest BCUT2D eigenvalue weighted by molar-refractivity contribution is 5.96. The molecule has 2 aromatic carbocycles. The first-order valence-electron chi connectivity index (χ1n) is 11.6. The topological polar surface area (TPSA) is 111 Å². The number of likely N-dealkylation sites (tertiary alicyclic amines) is 1. The van der Waals surface area contributed by atoms with Gasteiger partial charge in [-0.3, -0.25) is 4.79 Å². The van der Waals surface area contributed by atoms with Gasteiger partial charge in [0.1, 0.15) is 23.9 Å². The maximum absolute atomic E-state index is 14.8. The molecule has 1 saturated heterocycles. The first kappa shape index (κ1) is 23.8. The van der Waals surface area contributed by atoms with E-state index in [1.54, 1.807) is 13.8 Å². The second-order valence-electron chi connectivity index (χ2n) is 9.29. The summed E-state index contributed by atoms with van der Waals surface area (Å²) in [4.78, 5) is 19.1. The van der Waals surface area contributed by atoms with E-state index in [4.69, 9.17) is 14.6 Å². The fourth-order valence-corrected chi connectivity index (χ4v) is 4.48. The number of hydrogen-bond donors (Lipinski definition) is 1. The summed E-state index contributed by atoms with van der Waals surface area (Å²) in [5.41, 5.74) is 6.56. The van der Waals surface area contributed by atoms with E-state index in [2.05, 4.69) is 15.2 Å². The van der Waals surface area contributed by atoms with Crippen molar-refractivity contribution in [3.63, 3.8) is 0 Å². The Kier molecular flexibility index (Phi) is 6.13. The minimum absolute atomic E-state index is 0.0943. The van der Waals surface area contributed by atoms with Crippen molar-refractivity contribution in [2.75, 3.05) is 6.54 Å². The molecule has 1 aliphatic rings. The van der Waals surface area contributed by atoms with Crippen molar-refractivity contribution in [1.82, 2.24) is 20.1 Å². The molecule has 5 rings (SSSR count). The first-order chi connectivity index (χ1) is 17.2. The second kappa shape index (κ2) is 9.27. The lowest BCUT2D eigenvalue weighted by molar-refractivity contribution is 0.0710. The normalized spacial score (nSPS) is 17.4. The molecule has 8 nitrogen and oxygen atoms in total. The molecule has 2 aromatic heterocycles. The van der Waals surface area contributed by atoms with Gasteiger partial charge in [-0.05, 0) is 44.7 Å². The molecule has 186 valence electrons. The molecule has 1 amide bonds. The van der Waals surface area contributed by atoms with Crippen LogP contribution in [0.4, 0.5) is 8.78 Å². The van der Waals surface area contributed by atoms with Gasteiger partial charge in [-0.15, -0.1) is 10.2 Å². The third kappa shape index (κ3) is 4.51. The minimum Gasteiger partial charge on any atom is -0.446 e. The second-order valence-corrected chi connectivity index (χ2v) is 9.29. The van der Waals surface area contributed by atoms with Gasteiger partial charge in [-0.2, -0.15) is 0 Å². The molecule has 0 aliphatic carbocycles.